The zero-order valence-corrected chi connectivity index (χ0v) is 13.7. The molecule has 1 aliphatic rings. The van der Waals surface area contributed by atoms with E-state index >= 15 is 0 Å². The summed E-state index contributed by atoms with van der Waals surface area (Å²) in [7, 11) is -3.91. The second kappa shape index (κ2) is 5.50. The van der Waals surface area contributed by atoms with Crippen LogP contribution in [0.1, 0.15) is 30.8 Å². The van der Waals surface area contributed by atoms with Crippen molar-refractivity contribution in [3.8, 4) is 0 Å². The van der Waals surface area contributed by atoms with E-state index in [1.165, 1.54) is 6.07 Å². The molecule has 6 nitrogen and oxygen atoms in total. The minimum Gasteiger partial charge on any atom is -0.443 e. The summed E-state index contributed by atoms with van der Waals surface area (Å²) < 4.78 is 27.8. The molecule has 1 atom stereocenters. The van der Waals surface area contributed by atoms with Crippen LogP contribution >= 0.6 is 15.9 Å². The van der Waals surface area contributed by atoms with Crippen LogP contribution in [0.25, 0.3) is 0 Å². The summed E-state index contributed by atoms with van der Waals surface area (Å²) in [6, 6.07) is 1.17. The molecule has 0 spiro atoms. The Kier molecular flexibility index (Phi) is 4.27. The van der Waals surface area contributed by atoms with Crippen LogP contribution in [-0.4, -0.2) is 32.3 Å². The number of hydrogen-bond donors (Lipinski definition) is 1. The second-order valence-corrected chi connectivity index (χ2v) is 7.59. The van der Waals surface area contributed by atoms with E-state index in [-0.39, 0.29) is 21.2 Å². The SMILES string of the molecule is CC(C)C1CCN(C(=O)c2cc(S(N)(=O)=O)c(Br)o2)C1. The lowest BCUT2D eigenvalue weighted by Crippen LogP contribution is -2.29. The molecular formula is C12H17BrN2O4S. The molecule has 0 bridgehead atoms. The predicted octanol–water partition coefficient (Wildman–Crippen LogP) is 1.81. The van der Waals surface area contributed by atoms with Gasteiger partial charge in [0.15, 0.2) is 10.4 Å². The van der Waals surface area contributed by atoms with Crippen LogP contribution in [0.3, 0.4) is 0 Å². The minimum absolute atomic E-state index is 0.00898. The first-order chi connectivity index (χ1) is 9.20. The highest BCUT2D eigenvalue weighted by molar-refractivity contribution is 9.10. The van der Waals surface area contributed by atoms with E-state index in [1.807, 2.05) is 0 Å². The van der Waals surface area contributed by atoms with Crippen molar-refractivity contribution >= 4 is 31.9 Å². The number of halogens is 1. The van der Waals surface area contributed by atoms with Crippen LogP contribution in [0, 0.1) is 11.8 Å². The number of nitrogens with zero attached hydrogens (tertiary/aromatic N) is 1. The van der Waals surface area contributed by atoms with Gasteiger partial charge in [0.05, 0.1) is 0 Å². The molecule has 8 heteroatoms. The molecule has 1 aromatic rings. The lowest BCUT2D eigenvalue weighted by molar-refractivity contribution is 0.0751. The van der Waals surface area contributed by atoms with Gasteiger partial charge in [0.1, 0.15) is 4.90 Å². The highest BCUT2D eigenvalue weighted by atomic mass is 79.9. The Morgan fingerprint density at radius 1 is 1.55 bits per heavy atom. The van der Waals surface area contributed by atoms with Gasteiger partial charge in [-0.05, 0) is 34.2 Å². The van der Waals surface area contributed by atoms with Crippen LogP contribution in [0.4, 0.5) is 0 Å². The summed E-state index contributed by atoms with van der Waals surface area (Å²) in [5.41, 5.74) is 0. The van der Waals surface area contributed by atoms with Gasteiger partial charge in [0.2, 0.25) is 10.0 Å². The Morgan fingerprint density at radius 2 is 2.20 bits per heavy atom. The van der Waals surface area contributed by atoms with Crippen molar-refractivity contribution in [2.75, 3.05) is 13.1 Å². The normalized spacial score (nSPS) is 19.9. The molecule has 0 saturated carbocycles. The zero-order valence-electron chi connectivity index (χ0n) is 11.3. The first kappa shape index (κ1) is 15.5. The number of nitrogens with two attached hydrogens (primary N) is 1. The molecule has 112 valence electrons. The van der Waals surface area contributed by atoms with Crippen molar-refractivity contribution in [1.82, 2.24) is 4.90 Å². The van der Waals surface area contributed by atoms with Crippen LogP contribution in [0.5, 0.6) is 0 Å². The molecule has 20 heavy (non-hydrogen) atoms. The van der Waals surface area contributed by atoms with Crippen LogP contribution in [0.2, 0.25) is 0 Å². The fraction of sp³-hybridized carbons (Fsp3) is 0.583. The fourth-order valence-corrected chi connectivity index (χ4v) is 3.83. The molecule has 1 fully saturated rings. The summed E-state index contributed by atoms with van der Waals surface area (Å²) in [6.07, 6.45) is 0.952. The van der Waals surface area contributed by atoms with Gasteiger partial charge in [-0.1, -0.05) is 13.8 Å². The number of amides is 1. The number of rotatable bonds is 3. The Bertz CT molecular complexity index is 623. The highest BCUT2D eigenvalue weighted by Crippen LogP contribution is 2.29. The quantitative estimate of drug-likeness (QED) is 0.884. The summed E-state index contributed by atoms with van der Waals surface area (Å²) >= 11 is 2.97. The largest absolute Gasteiger partial charge is 0.443 e. The topological polar surface area (TPSA) is 93.6 Å². The molecule has 1 amide bonds. The highest BCUT2D eigenvalue weighted by Gasteiger charge is 2.31. The number of sulfonamides is 1. The monoisotopic (exact) mass is 364 g/mol. The van der Waals surface area contributed by atoms with Gasteiger partial charge < -0.3 is 9.32 Å². The van der Waals surface area contributed by atoms with Crippen molar-refractivity contribution in [3.05, 3.63) is 16.5 Å². The van der Waals surface area contributed by atoms with E-state index in [4.69, 9.17) is 9.56 Å². The third kappa shape index (κ3) is 3.07. The summed E-state index contributed by atoms with van der Waals surface area (Å²) in [5, 5.41) is 5.04. The first-order valence-electron chi connectivity index (χ1n) is 6.31. The maximum absolute atomic E-state index is 12.3. The van der Waals surface area contributed by atoms with E-state index in [2.05, 4.69) is 29.8 Å². The van der Waals surface area contributed by atoms with Crippen molar-refractivity contribution in [3.63, 3.8) is 0 Å². The van der Waals surface area contributed by atoms with Crippen LogP contribution in [0.15, 0.2) is 20.0 Å². The molecule has 0 aromatic carbocycles. The Labute approximate surface area is 126 Å². The minimum atomic E-state index is -3.91. The van der Waals surface area contributed by atoms with Gasteiger partial charge in [-0.3, -0.25) is 4.79 Å². The van der Waals surface area contributed by atoms with Crippen LogP contribution in [-0.2, 0) is 10.0 Å². The van der Waals surface area contributed by atoms with E-state index < -0.39 is 10.0 Å². The number of carbonyl (C=O) groups is 1. The number of carbonyl (C=O) groups excluding carboxylic acids is 1. The first-order valence-corrected chi connectivity index (χ1v) is 8.65. The molecule has 0 radical (unpaired) electrons. The summed E-state index contributed by atoms with van der Waals surface area (Å²) in [4.78, 5) is 13.8. The fourth-order valence-electron chi connectivity index (χ4n) is 2.32. The van der Waals surface area contributed by atoms with Gasteiger partial charge in [0, 0.05) is 19.2 Å². The molecule has 1 unspecified atom stereocenters. The number of hydrogen-bond acceptors (Lipinski definition) is 4. The number of likely N-dealkylation sites (tertiary alicyclic amines) is 1. The number of primary sulfonamides is 1. The zero-order chi connectivity index (χ0) is 15.1. The third-order valence-corrected chi connectivity index (χ3v) is 5.40. The van der Waals surface area contributed by atoms with E-state index in [0.717, 1.165) is 6.42 Å². The molecular weight excluding hydrogens is 348 g/mol. The smallest absolute Gasteiger partial charge is 0.289 e. The lowest BCUT2D eigenvalue weighted by Gasteiger charge is -2.16. The molecule has 1 saturated heterocycles. The number of furan rings is 1. The van der Waals surface area contributed by atoms with E-state index in [0.29, 0.717) is 24.9 Å². The van der Waals surface area contributed by atoms with Crippen molar-refractivity contribution < 1.29 is 17.6 Å². The standard InChI is InChI=1S/C12H17BrN2O4S/c1-7(2)8-3-4-15(6-8)12(16)9-5-10(11(13)19-9)20(14,17)18/h5,7-8H,3-4,6H2,1-2H3,(H2,14,17,18). The summed E-state index contributed by atoms with van der Waals surface area (Å²) in [6.45, 7) is 5.58. The van der Waals surface area contributed by atoms with Crippen molar-refractivity contribution in [2.24, 2.45) is 17.0 Å². The lowest BCUT2D eigenvalue weighted by atomic mass is 9.95. The molecule has 0 aliphatic carbocycles. The van der Waals surface area contributed by atoms with Gasteiger partial charge in [-0.25, -0.2) is 13.6 Å². The third-order valence-electron chi connectivity index (χ3n) is 3.63. The van der Waals surface area contributed by atoms with E-state index in [9.17, 15) is 13.2 Å². The average molecular weight is 365 g/mol. The molecule has 2 N–H and O–H groups in total. The Balaban J connectivity index is 2.19. The van der Waals surface area contributed by atoms with Crippen molar-refractivity contribution in [2.45, 2.75) is 25.2 Å². The Morgan fingerprint density at radius 3 is 2.65 bits per heavy atom. The Hall–Kier alpha value is -0.860. The predicted molar refractivity (Wildman–Crippen MR) is 76.6 cm³/mol. The maximum Gasteiger partial charge on any atom is 0.289 e. The van der Waals surface area contributed by atoms with Crippen molar-refractivity contribution in [1.29, 1.82) is 0 Å². The summed E-state index contributed by atoms with van der Waals surface area (Å²) in [5.74, 6) is 0.667. The van der Waals surface area contributed by atoms with Crippen LogP contribution < -0.4 is 5.14 Å². The average Bonchev–Trinajstić information content (AvgIpc) is 2.93. The van der Waals surface area contributed by atoms with Gasteiger partial charge in [0.25, 0.3) is 5.91 Å². The van der Waals surface area contributed by atoms with Gasteiger partial charge in [-0.2, -0.15) is 0 Å². The maximum atomic E-state index is 12.3. The molecule has 1 aliphatic heterocycles. The molecule has 2 rings (SSSR count). The second-order valence-electron chi connectivity index (χ2n) is 5.34. The van der Waals surface area contributed by atoms with Gasteiger partial charge in [-0.15, -0.1) is 0 Å². The van der Waals surface area contributed by atoms with Gasteiger partial charge >= 0.3 is 0 Å². The van der Waals surface area contributed by atoms with E-state index in [1.54, 1.807) is 4.90 Å². The molecule has 2 heterocycles. The molecule has 1 aromatic heterocycles.